The van der Waals surface area contributed by atoms with E-state index in [2.05, 4.69) is 0 Å². The fourth-order valence-electron chi connectivity index (χ4n) is 2.48. The van der Waals surface area contributed by atoms with Gasteiger partial charge in [0.1, 0.15) is 0 Å². The molecule has 0 amide bonds. The maximum Gasteiger partial charge on any atom is 0.243 e. The van der Waals surface area contributed by atoms with Gasteiger partial charge in [0.2, 0.25) is 10.0 Å². The molecule has 1 heterocycles. The minimum Gasteiger partial charge on any atom is -0.399 e. The summed E-state index contributed by atoms with van der Waals surface area (Å²) in [4.78, 5) is 0.346. The SMILES string of the molecule is Cc1cccc(S(=O)(=O)N2Cc3ccc(N)cc3C2)c1. The lowest BCUT2D eigenvalue weighted by molar-refractivity contribution is 0.431. The molecule has 3 rings (SSSR count). The van der Waals surface area contributed by atoms with E-state index in [0.29, 0.717) is 23.7 Å². The van der Waals surface area contributed by atoms with Crippen molar-refractivity contribution in [2.75, 3.05) is 5.73 Å². The van der Waals surface area contributed by atoms with Gasteiger partial charge in [-0.3, -0.25) is 0 Å². The fourth-order valence-corrected chi connectivity index (χ4v) is 3.98. The van der Waals surface area contributed by atoms with Gasteiger partial charge in [-0.1, -0.05) is 18.2 Å². The van der Waals surface area contributed by atoms with E-state index in [4.69, 9.17) is 5.73 Å². The molecule has 1 aliphatic rings. The Kier molecular flexibility index (Phi) is 3.03. The molecule has 0 spiro atoms. The first-order chi connectivity index (χ1) is 9.46. The van der Waals surface area contributed by atoms with E-state index in [1.165, 1.54) is 4.31 Å². The number of nitrogens with two attached hydrogens (primary N) is 1. The number of nitrogen functional groups attached to an aromatic ring is 1. The standard InChI is InChI=1S/C15H16N2O2S/c1-11-3-2-4-15(7-11)20(18,19)17-9-12-5-6-14(16)8-13(12)10-17/h2-8H,9-10,16H2,1H3. The van der Waals surface area contributed by atoms with Crippen LogP contribution >= 0.6 is 0 Å². The molecule has 2 aromatic rings. The lowest BCUT2D eigenvalue weighted by Gasteiger charge is -2.15. The number of anilines is 1. The van der Waals surface area contributed by atoms with E-state index in [-0.39, 0.29) is 0 Å². The maximum absolute atomic E-state index is 12.6. The lowest BCUT2D eigenvalue weighted by atomic mass is 10.1. The van der Waals surface area contributed by atoms with Crippen molar-refractivity contribution in [3.8, 4) is 0 Å². The Labute approximate surface area is 118 Å². The molecule has 1 aliphatic heterocycles. The monoisotopic (exact) mass is 288 g/mol. The molecular formula is C15H16N2O2S. The highest BCUT2D eigenvalue weighted by atomic mass is 32.2. The van der Waals surface area contributed by atoms with Crippen molar-refractivity contribution in [3.63, 3.8) is 0 Å². The Morgan fingerprint density at radius 3 is 2.55 bits per heavy atom. The Balaban J connectivity index is 1.95. The summed E-state index contributed by atoms with van der Waals surface area (Å²) in [5.74, 6) is 0. The zero-order chi connectivity index (χ0) is 14.3. The summed E-state index contributed by atoms with van der Waals surface area (Å²) >= 11 is 0. The lowest BCUT2D eigenvalue weighted by Crippen LogP contribution is -2.25. The number of sulfonamides is 1. The summed E-state index contributed by atoms with van der Waals surface area (Å²) in [5.41, 5.74) is 9.36. The topological polar surface area (TPSA) is 63.4 Å². The fraction of sp³-hybridized carbons (Fsp3) is 0.200. The molecule has 4 nitrogen and oxygen atoms in total. The van der Waals surface area contributed by atoms with Gasteiger partial charge < -0.3 is 5.73 Å². The number of aryl methyl sites for hydroxylation is 1. The van der Waals surface area contributed by atoms with Crippen LogP contribution in [0.1, 0.15) is 16.7 Å². The van der Waals surface area contributed by atoms with Crippen LogP contribution in [0.4, 0.5) is 5.69 Å². The highest BCUT2D eigenvalue weighted by Crippen LogP contribution is 2.29. The van der Waals surface area contributed by atoms with Gasteiger partial charge in [0.05, 0.1) is 4.90 Å². The Morgan fingerprint density at radius 1 is 1.05 bits per heavy atom. The van der Waals surface area contributed by atoms with Crippen LogP contribution in [0.5, 0.6) is 0 Å². The molecule has 20 heavy (non-hydrogen) atoms. The molecule has 0 bridgehead atoms. The highest BCUT2D eigenvalue weighted by Gasteiger charge is 2.30. The van der Waals surface area contributed by atoms with Gasteiger partial charge in [0.15, 0.2) is 0 Å². The van der Waals surface area contributed by atoms with Crippen LogP contribution in [0.25, 0.3) is 0 Å². The summed E-state index contributed by atoms with van der Waals surface area (Å²) in [6.45, 7) is 2.68. The molecule has 104 valence electrons. The Bertz CT molecular complexity index is 769. The third-order valence-corrected chi connectivity index (χ3v) is 5.34. The molecule has 0 fully saturated rings. The largest absolute Gasteiger partial charge is 0.399 e. The number of benzene rings is 2. The normalized spacial score (nSPS) is 15.2. The molecule has 0 atom stereocenters. The molecule has 0 saturated heterocycles. The minimum absolute atomic E-state index is 0.346. The van der Waals surface area contributed by atoms with Gasteiger partial charge in [-0.25, -0.2) is 8.42 Å². The van der Waals surface area contributed by atoms with Crippen molar-refractivity contribution in [1.29, 1.82) is 0 Å². The van der Waals surface area contributed by atoms with Crippen LogP contribution in [0.2, 0.25) is 0 Å². The quantitative estimate of drug-likeness (QED) is 0.862. The summed E-state index contributed by atoms with van der Waals surface area (Å²) in [7, 11) is -3.45. The molecule has 2 aromatic carbocycles. The minimum atomic E-state index is -3.45. The molecule has 0 aromatic heterocycles. The van der Waals surface area contributed by atoms with Crippen molar-refractivity contribution in [1.82, 2.24) is 4.31 Å². The average molecular weight is 288 g/mol. The molecule has 5 heteroatoms. The van der Waals surface area contributed by atoms with Gasteiger partial charge in [0.25, 0.3) is 0 Å². The predicted octanol–water partition coefficient (Wildman–Crippen LogP) is 2.28. The second-order valence-electron chi connectivity index (χ2n) is 5.12. The molecule has 0 unspecified atom stereocenters. The maximum atomic E-state index is 12.6. The van der Waals surface area contributed by atoms with Crippen LogP contribution in [0.15, 0.2) is 47.4 Å². The van der Waals surface area contributed by atoms with Crippen molar-refractivity contribution < 1.29 is 8.42 Å². The zero-order valence-corrected chi connectivity index (χ0v) is 12.0. The second-order valence-corrected chi connectivity index (χ2v) is 7.06. The van der Waals surface area contributed by atoms with E-state index in [1.54, 1.807) is 18.2 Å². The third kappa shape index (κ3) is 2.19. The number of rotatable bonds is 2. The van der Waals surface area contributed by atoms with Crippen LogP contribution in [0, 0.1) is 6.92 Å². The van der Waals surface area contributed by atoms with Crippen molar-refractivity contribution in [2.45, 2.75) is 24.9 Å². The second kappa shape index (κ2) is 4.61. The molecular weight excluding hydrogens is 272 g/mol. The van der Waals surface area contributed by atoms with Gasteiger partial charge in [-0.2, -0.15) is 4.31 Å². The Hall–Kier alpha value is -1.85. The van der Waals surface area contributed by atoms with Crippen molar-refractivity contribution >= 4 is 15.7 Å². The van der Waals surface area contributed by atoms with Gasteiger partial charge in [-0.05, 0) is 47.9 Å². The molecule has 0 aliphatic carbocycles. The first-order valence-electron chi connectivity index (χ1n) is 6.41. The predicted molar refractivity (Wildman–Crippen MR) is 78.5 cm³/mol. The Morgan fingerprint density at radius 2 is 1.80 bits per heavy atom. The third-order valence-electron chi connectivity index (χ3n) is 3.55. The summed E-state index contributed by atoms with van der Waals surface area (Å²) in [5, 5.41) is 0. The molecule has 0 saturated carbocycles. The van der Waals surface area contributed by atoms with E-state index >= 15 is 0 Å². The van der Waals surface area contributed by atoms with Gasteiger partial charge >= 0.3 is 0 Å². The van der Waals surface area contributed by atoms with Gasteiger partial charge in [-0.15, -0.1) is 0 Å². The number of hydrogen-bond acceptors (Lipinski definition) is 3. The van der Waals surface area contributed by atoms with Gasteiger partial charge in [0, 0.05) is 18.8 Å². The molecule has 2 N–H and O–H groups in total. The first-order valence-corrected chi connectivity index (χ1v) is 7.85. The summed E-state index contributed by atoms with van der Waals surface area (Å²) in [6, 6.07) is 12.5. The van der Waals surface area contributed by atoms with Crippen LogP contribution < -0.4 is 5.73 Å². The van der Waals surface area contributed by atoms with E-state index in [9.17, 15) is 8.42 Å². The number of fused-ring (bicyclic) bond motifs is 1. The van der Waals surface area contributed by atoms with E-state index in [1.807, 2.05) is 31.2 Å². The van der Waals surface area contributed by atoms with E-state index in [0.717, 1.165) is 16.7 Å². The first kappa shape index (κ1) is 13.1. The number of nitrogens with zero attached hydrogens (tertiary/aromatic N) is 1. The van der Waals surface area contributed by atoms with Crippen LogP contribution in [0.3, 0.4) is 0 Å². The van der Waals surface area contributed by atoms with Crippen molar-refractivity contribution in [3.05, 3.63) is 59.2 Å². The van der Waals surface area contributed by atoms with Crippen LogP contribution in [-0.2, 0) is 23.1 Å². The van der Waals surface area contributed by atoms with Crippen molar-refractivity contribution in [2.24, 2.45) is 0 Å². The highest BCUT2D eigenvalue weighted by molar-refractivity contribution is 7.89. The van der Waals surface area contributed by atoms with E-state index < -0.39 is 10.0 Å². The summed E-state index contributed by atoms with van der Waals surface area (Å²) < 4.78 is 26.8. The smallest absolute Gasteiger partial charge is 0.243 e. The average Bonchev–Trinajstić information content (AvgIpc) is 2.82. The summed E-state index contributed by atoms with van der Waals surface area (Å²) in [6.07, 6.45) is 0. The van der Waals surface area contributed by atoms with Crippen LogP contribution in [-0.4, -0.2) is 12.7 Å². The molecule has 0 radical (unpaired) electrons. The number of hydrogen-bond donors (Lipinski definition) is 1. The zero-order valence-electron chi connectivity index (χ0n) is 11.2.